The van der Waals surface area contributed by atoms with Gasteiger partial charge < -0.3 is 24.8 Å². The third kappa shape index (κ3) is 9.93. The second-order valence-electron chi connectivity index (χ2n) is 7.42. The number of guanidine groups is 1. The van der Waals surface area contributed by atoms with Crippen LogP contribution in [-0.2, 0) is 4.74 Å². The van der Waals surface area contributed by atoms with Gasteiger partial charge in [0.2, 0.25) is 0 Å². The summed E-state index contributed by atoms with van der Waals surface area (Å²) in [5.41, 5.74) is 2.40. The van der Waals surface area contributed by atoms with Gasteiger partial charge in [-0.3, -0.25) is 4.99 Å². The van der Waals surface area contributed by atoms with Crippen LogP contribution in [0.25, 0.3) is 0 Å². The molecule has 0 bridgehead atoms. The lowest BCUT2D eigenvalue weighted by molar-refractivity contribution is 0.0367. The fourth-order valence-corrected chi connectivity index (χ4v) is 2.79. The second-order valence-corrected chi connectivity index (χ2v) is 7.42. The number of aliphatic hydroxyl groups excluding tert-OH is 1. The van der Waals surface area contributed by atoms with Crippen molar-refractivity contribution in [3.8, 4) is 5.75 Å². The van der Waals surface area contributed by atoms with Crippen molar-refractivity contribution >= 4 is 29.9 Å². The van der Waals surface area contributed by atoms with Crippen LogP contribution in [0.2, 0.25) is 0 Å². The molecule has 1 fully saturated rings. The number of aliphatic imine (C=N–C) groups is 1. The predicted molar refractivity (Wildman–Crippen MR) is 125 cm³/mol. The van der Waals surface area contributed by atoms with Gasteiger partial charge in [-0.1, -0.05) is 6.07 Å². The molecule has 6 nitrogen and oxygen atoms in total. The molecule has 0 heterocycles. The van der Waals surface area contributed by atoms with E-state index >= 15 is 0 Å². The van der Waals surface area contributed by atoms with Gasteiger partial charge in [0.25, 0.3) is 0 Å². The highest BCUT2D eigenvalue weighted by Crippen LogP contribution is 2.28. The largest absolute Gasteiger partial charge is 0.492 e. The fourth-order valence-electron chi connectivity index (χ4n) is 2.79. The maximum absolute atomic E-state index is 10.1. The Hall–Kier alpha value is -1.06. The van der Waals surface area contributed by atoms with Crippen molar-refractivity contribution in [2.75, 3.05) is 46.5 Å². The second kappa shape index (κ2) is 13.2. The molecule has 0 aliphatic heterocycles. The first kappa shape index (κ1) is 25.0. The quantitative estimate of drug-likeness (QED) is 0.275. The molecule has 2 N–H and O–H groups in total. The molecule has 0 radical (unpaired) electrons. The number of likely N-dealkylation sites (N-methyl/N-ethyl adjacent to an activating group) is 1. The summed E-state index contributed by atoms with van der Waals surface area (Å²) in [5, 5.41) is 13.3. The van der Waals surface area contributed by atoms with Gasteiger partial charge in [-0.25, -0.2) is 0 Å². The molecule has 0 saturated heterocycles. The third-order valence-corrected chi connectivity index (χ3v) is 4.40. The average Bonchev–Trinajstić information content (AvgIpc) is 3.42. The molecule has 0 amide bonds. The monoisotopic (exact) mass is 505 g/mol. The van der Waals surface area contributed by atoms with Gasteiger partial charge in [0.1, 0.15) is 12.4 Å². The summed E-state index contributed by atoms with van der Waals surface area (Å²) in [4.78, 5) is 6.54. The average molecular weight is 505 g/mol. The molecule has 1 aliphatic carbocycles. The predicted octanol–water partition coefficient (Wildman–Crippen LogP) is 2.99. The number of hydrogen-bond donors (Lipinski definition) is 2. The molecule has 7 heteroatoms. The topological polar surface area (TPSA) is 66.3 Å². The van der Waals surface area contributed by atoms with E-state index in [2.05, 4.69) is 30.2 Å². The van der Waals surface area contributed by atoms with Crippen molar-refractivity contribution in [3.05, 3.63) is 29.3 Å². The SMILES string of the molecule is CCNC(=NCC(O)COCC1CC1)N(C)CCOc1cc(C)cc(C)c1.I. The lowest BCUT2D eigenvalue weighted by Gasteiger charge is -2.22. The van der Waals surface area contributed by atoms with E-state index in [1.165, 1.54) is 24.0 Å². The summed E-state index contributed by atoms with van der Waals surface area (Å²) < 4.78 is 11.4. The minimum absolute atomic E-state index is 0. The lowest BCUT2D eigenvalue weighted by Crippen LogP contribution is -2.41. The van der Waals surface area contributed by atoms with Crippen molar-refractivity contribution in [2.24, 2.45) is 10.9 Å². The maximum Gasteiger partial charge on any atom is 0.193 e. The fraction of sp³-hybridized carbons (Fsp3) is 0.667. The Labute approximate surface area is 186 Å². The van der Waals surface area contributed by atoms with Crippen LogP contribution < -0.4 is 10.1 Å². The first-order chi connectivity index (χ1) is 13.0. The van der Waals surface area contributed by atoms with E-state index < -0.39 is 6.10 Å². The number of rotatable bonds is 11. The Morgan fingerprint density at radius 1 is 1.29 bits per heavy atom. The molecule has 1 aromatic rings. The van der Waals surface area contributed by atoms with E-state index in [4.69, 9.17) is 9.47 Å². The summed E-state index contributed by atoms with van der Waals surface area (Å²) in [6.45, 7) is 9.65. The van der Waals surface area contributed by atoms with Crippen LogP contribution in [0.5, 0.6) is 5.75 Å². The van der Waals surface area contributed by atoms with Gasteiger partial charge in [-0.15, -0.1) is 24.0 Å². The molecule has 1 unspecified atom stereocenters. The van der Waals surface area contributed by atoms with Crippen LogP contribution in [-0.4, -0.2) is 68.6 Å². The van der Waals surface area contributed by atoms with E-state index in [9.17, 15) is 5.11 Å². The molecule has 160 valence electrons. The van der Waals surface area contributed by atoms with Gasteiger partial charge >= 0.3 is 0 Å². The summed E-state index contributed by atoms with van der Waals surface area (Å²) >= 11 is 0. The van der Waals surface area contributed by atoms with Gasteiger partial charge in [-0.2, -0.15) is 0 Å². The molecule has 28 heavy (non-hydrogen) atoms. The summed E-state index contributed by atoms with van der Waals surface area (Å²) in [6, 6.07) is 6.23. The van der Waals surface area contributed by atoms with Crippen molar-refractivity contribution < 1.29 is 14.6 Å². The van der Waals surface area contributed by atoms with Crippen molar-refractivity contribution in [3.63, 3.8) is 0 Å². The van der Waals surface area contributed by atoms with Crippen molar-refractivity contribution in [1.82, 2.24) is 10.2 Å². The number of benzene rings is 1. The summed E-state index contributed by atoms with van der Waals surface area (Å²) in [7, 11) is 1.97. The standard InChI is InChI=1S/C21H35N3O3.HI/c1-5-22-21(23-13-19(25)15-26-14-18-6-7-18)24(4)8-9-27-20-11-16(2)10-17(3)12-20;/h10-12,18-19,25H,5-9,13-15H2,1-4H3,(H,22,23);1H. The summed E-state index contributed by atoms with van der Waals surface area (Å²) in [6.07, 6.45) is 1.94. The highest BCUT2D eigenvalue weighted by Gasteiger charge is 2.21. The molecule has 1 atom stereocenters. The van der Waals surface area contributed by atoms with Crippen LogP contribution in [0.3, 0.4) is 0 Å². The molecule has 1 aliphatic rings. The normalized spacial score (nSPS) is 15.0. The highest BCUT2D eigenvalue weighted by atomic mass is 127. The first-order valence-corrected chi connectivity index (χ1v) is 9.94. The van der Waals surface area contributed by atoms with E-state index in [-0.39, 0.29) is 24.0 Å². The smallest absolute Gasteiger partial charge is 0.193 e. The minimum Gasteiger partial charge on any atom is -0.492 e. The molecule has 1 aromatic carbocycles. The van der Waals surface area contributed by atoms with Crippen LogP contribution in [0.1, 0.15) is 30.9 Å². The number of ether oxygens (including phenoxy) is 2. The molecular weight excluding hydrogens is 469 g/mol. The molecule has 0 spiro atoms. The van der Waals surface area contributed by atoms with Crippen molar-refractivity contribution in [1.29, 1.82) is 0 Å². The number of nitrogens with one attached hydrogen (secondary N) is 1. The molecular formula is C21H36IN3O3. The van der Waals surface area contributed by atoms with E-state index in [1.807, 2.05) is 31.0 Å². The number of nitrogens with zero attached hydrogens (tertiary/aromatic N) is 2. The number of aliphatic hydroxyl groups is 1. The Morgan fingerprint density at radius 2 is 1.96 bits per heavy atom. The molecule has 0 aromatic heterocycles. The number of hydrogen-bond acceptors (Lipinski definition) is 4. The minimum atomic E-state index is -0.572. The van der Waals surface area contributed by atoms with Gasteiger partial charge in [0.15, 0.2) is 5.96 Å². The number of aryl methyl sites for hydroxylation is 2. The van der Waals surface area contributed by atoms with Crippen LogP contribution in [0.4, 0.5) is 0 Å². The lowest BCUT2D eigenvalue weighted by atomic mass is 10.1. The van der Waals surface area contributed by atoms with Crippen LogP contribution >= 0.6 is 24.0 Å². The van der Waals surface area contributed by atoms with E-state index in [0.29, 0.717) is 32.2 Å². The maximum atomic E-state index is 10.1. The zero-order valence-corrected chi connectivity index (χ0v) is 19.9. The Morgan fingerprint density at radius 3 is 2.57 bits per heavy atom. The third-order valence-electron chi connectivity index (χ3n) is 4.40. The Bertz CT molecular complexity index is 588. The zero-order valence-electron chi connectivity index (χ0n) is 17.6. The molecule has 1 saturated carbocycles. The first-order valence-electron chi connectivity index (χ1n) is 9.94. The summed E-state index contributed by atoms with van der Waals surface area (Å²) in [5.74, 6) is 2.37. The Kier molecular flexibility index (Phi) is 11.8. The van der Waals surface area contributed by atoms with Crippen molar-refractivity contribution in [2.45, 2.75) is 39.7 Å². The van der Waals surface area contributed by atoms with Crippen LogP contribution in [0, 0.1) is 19.8 Å². The van der Waals surface area contributed by atoms with E-state index in [1.54, 1.807) is 0 Å². The van der Waals surface area contributed by atoms with Gasteiger partial charge in [-0.05, 0) is 62.8 Å². The molecule has 2 rings (SSSR count). The zero-order chi connectivity index (χ0) is 19.6. The van der Waals surface area contributed by atoms with Gasteiger partial charge in [0.05, 0.1) is 25.8 Å². The number of halogens is 1. The van der Waals surface area contributed by atoms with E-state index in [0.717, 1.165) is 24.9 Å². The highest BCUT2D eigenvalue weighted by molar-refractivity contribution is 14.0. The Balaban J connectivity index is 0.00000392. The van der Waals surface area contributed by atoms with Gasteiger partial charge in [0, 0.05) is 20.2 Å². The van der Waals surface area contributed by atoms with Crippen LogP contribution in [0.15, 0.2) is 23.2 Å².